The van der Waals surface area contributed by atoms with Crippen LogP contribution in [0.5, 0.6) is 0 Å². The summed E-state index contributed by atoms with van der Waals surface area (Å²) in [5.41, 5.74) is 9.95. The van der Waals surface area contributed by atoms with E-state index in [0.29, 0.717) is 6.54 Å². The summed E-state index contributed by atoms with van der Waals surface area (Å²) in [7, 11) is 0. The topological polar surface area (TPSA) is 51.8 Å². The van der Waals surface area contributed by atoms with Gasteiger partial charge in [0.2, 0.25) is 0 Å². The van der Waals surface area contributed by atoms with Crippen molar-refractivity contribution in [3.05, 3.63) is 47.5 Å². The SMILES string of the molecule is Cc1ncc(-c2cccc(CN)c2)c(C)n1. The molecule has 0 unspecified atom stereocenters. The molecule has 0 fully saturated rings. The first-order valence-electron chi connectivity index (χ1n) is 5.30. The first kappa shape index (κ1) is 10.8. The summed E-state index contributed by atoms with van der Waals surface area (Å²) >= 11 is 0. The number of rotatable bonds is 2. The average Bonchev–Trinajstić information content (AvgIpc) is 2.29. The fourth-order valence-electron chi connectivity index (χ4n) is 1.73. The fraction of sp³-hybridized carbons (Fsp3) is 0.231. The fourth-order valence-corrected chi connectivity index (χ4v) is 1.73. The van der Waals surface area contributed by atoms with Crippen molar-refractivity contribution in [1.82, 2.24) is 9.97 Å². The Morgan fingerprint density at radius 3 is 2.75 bits per heavy atom. The summed E-state index contributed by atoms with van der Waals surface area (Å²) in [5.74, 6) is 0.802. The molecule has 1 aromatic heterocycles. The molecule has 3 heteroatoms. The van der Waals surface area contributed by atoms with Gasteiger partial charge in [0.25, 0.3) is 0 Å². The Bertz CT molecular complexity index is 506. The normalized spacial score (nSPS) is 10.4. The third kappa shape index (κ3) is 2.09. The van der Waals surface area contributed by atoms with Crippen LogP contribution in [0.1, 0.15) is 17.1 Å². The van der Waals surface area contributed by atoms with Gasteiger partial charge >= 0.3 is 0 Å². The quantitative estimate of drug-likeness (QED) is 0.832. The zero-order chi connectivity index (χ0) is 11.5. The highest BCUT2D eigenvalue weighted by Crippen LogP contribution is 2.22. The molecule has 16 heavy (non-hydrogen) atoms. The second-order valence-electron chi connectivity index (χ2n) is 3.82. The van der Waals surface area contributed by atoms with Crippen LogP contribution < -0.4 is 5.73 Å². The number of hydrogen-bond acceptors (Lipinski definition) is 3. The average molecular weight is 213 g/mol. The summed E-state index contributed by atoms with van der Waals surface area (Å²) in [6.07, 6.45) is 1.87. The molecule has 0 saturated carbocycles. The number of aryl methyl sites for hydroxylation is 2. The first-order chi connectivity index (χ1) is 7.70. The predicted molar refractivity (Wildman–Crippen MR) is 64.8 cm³/mol. The maximum atomic E-state index is 5.63. The van der Waals surface area contributed by atoms with Crippen LogP contribution in [-0.4, -0.2) is 9.97 Å². The lowest BCUT2D eigenvalue weighted by molar-refractivity contribution is 1.01. The van der Waals surface area contributed by atoms with Crippen molar-refractivity contribution in [3.8, 4) is 11.1 Å². The van der Waals surface area contributed by atoms with Gasteiger partial charge in [0.1, 0.15) is 5.82 Å². The molecular weight excluding hydrogens is 198 g/mol. The first-order valence-corrected chi connectivity index (χ1v) is 5.30. The molecule has 0 amide bonds. The summed E-state index contributed by atoms with van der Waals surface area (Å²) < 4.78 is 0. The zero-order valence-corrected chi connectivity index (χ0v) is 9.57. The molecule has 1 heterocycles. The molecule has 0 radical (unpaired) electrons. The third-order valence-electron chi connectivity index (χ3n) is 2.57. The van der Waals surface area contributed by atoms with E-state index in [4.69, 9.17) is 5.73 Å². The van der Waals surface area contributed by atoms with E-state index in [-0.39, 0.29) is 0 Å². The lowest BCUT2D eigenvalue weighted by atomic mass is 10.0. The minimum atomic E-state index is 0.555. The Kier molecular flexibility index (Phi) is 2.97. The smallest absolute Gasteiger partial charge is 0.125 e. The van der Waals surface area contributed by atoms with E-state index < -0.39 is 0 Å². The van der Waals surface area contributed by atoms with Gasteiger partial charge in [0, 0.05) is 24.0 Å². The highest BCUT2D eigenvalue weighted by molar-refractivity contribution is 5.65. The largest absolute Gasteiger partial charge is 0.326 e. The molecule has 2 rings (SSSR count). The molecule has 0 aliphatic heterocycles. The Morgan fingerprint density at radius 2 is 2.06 bits per heavy atom. The number of benzene rings is 1. The van der Waals surface area contributed by atoms with Gasteiger partial charge < -0.3 is 5.73 Å². The molecule has 2 N–H and O–H groups in total. The molecule has 1 aromatic carbocycles. The van der Waals surface area contributed by atoms with E-state index in [1.54, 1.807) is 0 Å². The number of hydrogen-bond donors (Lipinski definition) is 1. The highest BCUT2D eigenvalue weighted by Gasteiger charge is 2.04. The van der Waals surface area contributed by atoms with Gasteiger partial charge in [-0.05, 0) is 31.0 Å². The summed E-state index contributed by atoms with van der Waals surface area (Å²) in [4.78, 5) is 8.59. The van der Waals surface area contributed by atoms with Crippen LogP contribution in [0.4, 0.5) is 0 Å². The molecule has 82 valence electrons. The van der Waals surface area contributed by atoms with Gasteiger partial charge in [0.15, 0.2) is 0 Å². The van der Waals surface area contributed by atoms with Gasteiger partial charge in [-0.25, -0.2) is 9.97 Å². The molecule has 3 nitrogen and oxygen atoms in total. The van der Waals surface area contributed by atoms with Crippen molar-refractivity contribution in [2.24, 2.45) is 5.73 Å². The van der Waals surface area contributed by atoms with Crippen LogP contribution in [-0.2, 0) is 6.54 Å². The predicted octanol–water partition coefficient (Wildman–Crippen LogP) is 2.22. The minimum absolute atomic E-state index is 0.555. The van der Waals surface area contributed by atoms with Gasteiger partial charge in [-0.3, -0.25) is 0 Å². The minimum Gasteiger partial charge on any atom is -0.326 e. The lowest BCUT2D eigenvalue weighted by Gasteiger charge is -2.06. The number of nitrogens with zero attached hydrogens (tertiary/aromatic N) is 2. The third-order valence-corrected chi connectivity index (χ3v) is 2.57. The van der Waals surface area contributed by atoms with Crippen molar-refractivity contribution in [3.63, 3.8) is 0 Å². The lowest BCUT2D eigenvalue weighted by Crippen LogP contribution is -1.97. The van der Waals surface area contributed by atoms with Gasteiger partial charge in [0.05, 0.1) is 0 Å². The van der Waals surface area contributed by atoms with Crippen molar-refractivity contribution in [1.29, 1.82) is 0 Å². The zero-order valence-electron chi connectivity index (χ0n) is 9.57. The van der Waals surface area contributed by atoms with E-state index in [1.165, 1.54) is 0 Å². The van der Waals surface area contributed by atoms with Crippen LogP contribution in [0.25, 0.3) is 11.1 Å². The summed E-state index contributed by atoms with van der Waals surface area (Å²) in [5, 5.41) is 0. The molecule has 0 saturated heterocycles. The van der Waals surface area contributed by atoms with E-state index in [9.17, 15) is 0 Å². The van der Waals surface area contributed by atoms with Crippen LogP contribution in [0, 0.1) is 13.8 Å². The van der Waals surface area contributed by atoms with Crippen molar-refractivity contribution >= 4 is 0 Å². The molecule has 0 aliphatic carbocycles. The molecule has 2 aromatic rings. The molecule has 0 bridgehead atoms. The van der Waals surface area contributed by atoms with Crippen molar-refractivity contribution in [2.45, 2.75) is 20.4 Å². The summed E-state index contributed by atoms with van der Waals surface area (Å²) in [6.45, 7) is 4.45. The number of nitrogens with two attached hydrogens (primary N) is 1. The van der Waals surface area contributed by atoms with E-state index in [0.717, 1.165) is 28.2 Å². The maximum absolute atomic E-state index is 5.63. The standard InChI is InChI=1S/C13H15N3/c1-9-13(8-15-10(2)16-9)12-5-3-4-11(6-12)7-14/h3-6,8H,7,14H2,1-2H3. The van der Waals surface area contributed by atoms with Crippen molar-refractivity contribution < 1.29 is 0 Å². The summed E-state index contributed by atoms with van der Waals surface area (Å²) in [6, 6.07) is 8.17. The van der Waals surface area contributed by atoms with Crippen LogP contribution in [0.3, 0.4) is 0 Å². The van der Waals surface area contributed by atoms with Gasteiger partial charge in [-0.1, -0.05) is 18.2 Å². The monoisotopic (exact) mass is 213 g/mol. The molecule has 0 spiro atoms. The van der Waals surface area contributed by atoms with Crippen LogP contribution in [0.15, 0.2) is 30.5 Å². The van der Waals surface area contributed by atoms with Crippen molar-refractivity contribution in [2.75, 3.05) is 0 Å². The molecule has 0 aliphatic rings. The Morgan fingerprint density at radius 1 is 1.25 bits per heavy atom. The molecule has 0 atom stereocenters. The van der Waals surface area contributed by atoms with Crippen LogP contribution >= 0.6 is 0 Å². The van der Waals surface area contributed by atoms with E-state index >= 15 is 0 Å². The maximum Gasteiger partial charge on any atom is 0.125 e. The van der Waals surface area contributed by atoms with Crippen LogP contribution in [0.2, 0.25) is 0 Å². The number of aromatic nitrogens is 2. The second kappa shape index (κ2) is 4.41. The van der Waals surface area contributed by atoms with E-state index in [2.05, 4.69) is 22.1 Å². The Balaban J connectivity index is 2.49. The molecular formula is C13H15N3. The van der Waals surface area contributed by atoms with E-state index in [1.807, 2.05) is 32.2 Å². The Hall–Kier alpha value is -1.74. The highest BCUT2D eigenvalue weighted by atomic mass is 14.9. The Labute approximate surface area is 95.4 Å². The second-order valence-corrected chi connectivity index (χ2v) is 3.82. The van der Waals surface area contributed by atoms with Gasteiger partial charge in [-0.2, -0.15) is 0 Å². The van der Waals surface area contributed by atoms with Gasteiger partial charge in [-0.15, -0.1) is 0 Å².